The zero-order chi connectivity index (χ0) is 31.9. The van der Waals surface area contributed by atoms with Crippen LogP contribution in [0.25, 0.3) is 10.9 Å². The van der Waals surface area contributed by atoms with E-state index in [1.165, 1.54) is 11.0 Å². The van der Waals surface area contributed by atoms with Gasteiger partial charge in [0.05, 0.1) is 17.3 Å². The lowest BCUT2D eigenvalue weighted by atomic mass is 10.1. The molecule has 0 aliphatic heterocycles. The minimum absolute atomic E-state index is 0.0435. The number of hydrogen-bond acceptors (Lipinski definition) is 6. The van der Waals surface area contributed by atoms with Crippen LogP contribution in [0.2, 0.25) is 10.0 Å². The van der Waals surface area contributed by atoms with Crippen molar-refractivity contribution < 1.29 is 19.1 Å². The first-order chi connectivity index (χ1) is 21.7. The number of ether oxygens (including phenoxy) is 1. The normalized spacial score (nSPS) is 10.7. The summed E-state index contributed by atoms with van der Waals surface area (Å²) in [4.78, 5) is 48.1. The van der Waals surface area contributed by atoms with Gasteiger partial charge in [-0.25, -0.2) is 14.8 Å². The van der Waals surface area contributed by atoms with E-state index in [9.17, 15) is 14.4 Å². The Balaban J connectivity index is 1.19. The number of carbonyl (C=O) groups excluding carboxylic acids is 3. The lowest BCUT2D eigenvalue weighted by Crippen LogP contribution is -2.40. The fourth-order valence-corrected chi connectivity index (χ4v) is 5.01. The average Bonchev–Trinajstić information content (AvgIpc) is 3.04. The van der Waals surface area contributed by atoms with Gasteiger partial charge in [0, 0.05) is 46.2 Å². The number of hydrogen-bond donors (Lipinski definition) is 3. The second-order valence-corrected chi connectivity index (χ2v) is 10.7. The molecule has 5 aromatic rings. The van der Waals surface area contributed by atoms with Gasteiger partial charge in [-0.05, 0) is 61.5 Å². The van der Waals surface area contributed by atoms with Crippen LogP contribution in [0.4, 0.5) is 22.0 Å². The van der Waals surface area contributed by atoms with Gasteiger partial charge in [-0.2, -0.15) is 0 Å². The maximum Gasteiger partial charge on any atom is 0.319 e. The highest BCUT2D eigenvalue weighted by Crippen LogP contribution is 2.35. The van der Waals surface area contributed by atoms with Crippen molar-refractivity contribution in [3.63, 3.8) is 0 Å². The molecular weight excluding hydrogens is 615 g/mol. The molecule has 45 heavy (non-hydrogen) atoms. The van der Waals surface area contributed by atoms with Crippen LogP contribution >= 0.6 is 23.2 Å². The van der Waals surface area contributed by atoms with Crippen molar-refractivity contribution in [2.75, 3.05) is 29.1 Å². The van der Waals surface area contributed by atoms with Crippen molar-refractivity contribution in [3.05, 3.63) is 118 Å². The van der Waals surface area contributed by atoms with Gasteiger partial charge in [-0.3, -0.25) is 9.59 Å². The molecule has 3 aromatic carbocycles. The second-order valence-electron chi connectivity index (χ2n) is 9.94. The lowest BCUT2D eigenvalue weighted by Gasteiger charge is -2.21. The molecule has 0 bridgehead atoms. The van der Waals surface area contributed by atoms with E-state index in [4.69, 9.17) is 27.9 Å². The van der Waals surface area contributed by atoms with Crippen LogP contribution in [0.15, 0.2) is 91.1 Å². The number of pyridine rings is 2. The van der Waals surface area contributed by atoms with E-state index in [-0.39, 0.29) is 24.1 Å². The zero-order valence-electron chi connectivity index (χ0n) is 24.3. The number of fused-ring (bicyclic) bond motifs is 1. The molecule has 0 aliphatic rings. The number of aromatic nitrogens is 2. The van der Waals surface area contributed by atoms with Gasteiger partial charge < -0.3 is 25.6 Å². The Morgan fingerprint density at radius 2 is 1.73 bits per heavy atom. The molecule has 10 nitrogen and oxygen atoms in total. The molecule has 0 radical (unpaired) electrons. The Kier molecular flexibility index (Phi) is 9.76. The highest BCUT2D eigenvalue weighted by Gasteiger charge is 2.20. The summed E-state index contributed by atoms with van der Waals surface area (Å²) in [7, 11) is 1.54. The van der Waals surface area contributed by atoms with Crippen molar-refractivity contribution in [2.24, 2.45) is 0 Å². The number of para-hydroxylation sites is 1. The van der Waals surface area contributed by atoms with E-state index >= 15 is 0 Å². The highest BCUT2D eigenvalue weighted by atomic mass is 35.5. The van der Waals surface area contributed by atoms with E-state index in [0.717, 1.165) is 16.6 Å². The van der Waals surface area contributed by atoms with Crippen LogP contribution in [-0.4, -0.2) is 41.4 Å². The molecule has 4 amide bonds. The molecule has 0 saturated carbocycles. The molecule has 0 spiro atoms. The number of rotatable bonds is 9. The first kappa shape index (κ1) is 31.2. The van der Waals surface area contributed by atoms with Crippen molar-refractivity contribution in [1.29, 1.82) is 0 Å². The maximum atomic E-state index is 13.0. The molecule has 12 heteroatoms. The molecule has 2 heterocycles. The maximum absolute atomic E-state index is 13.0. The molecule has 5 rings (SSSR count). The molecule has 0 aliphatic carbocycles. The minimum Gasteiger partial charge on any atom is -0.487 e. The first-order valence-electron chi connectivity index (χ1n) is 13.8. The summed E-state index contributed by atoms with van der Waals surface area (Å²) in [6, 6.07) is 23.7. The fourth-order valence-electron chi connectivity index (χ4n) is 4.41. The van der Waals surface area contributed by atoms with Crippen molar-refractivity contribution >= 4 is 69.1 Å². The SMILES string of the molecule is Cc1ccc2cccc(OCc3c(Cl)ccc(N(C)C(=O)CNC(=O)Nc4cccc(C(=O)Nc5ccccn5)c4)c3Cl)c2n1. The molecule has 2 aromatic heterocycles. The number of carbonyl (C=O) groups is 3. The summed E-state index contributed by atoms with van der Waals surface area (Å²) in [5.41, 5.74) is 3.15. The van der Waals surface area contributed by atoms with Crippen molar-refractivity contribution in [2.45, 2.75) is 13.5 Å². The lowest BCUT2D eigenvalue weighted by molar-refractivity contribution is -0.117. The number of urea groups is 1. The van der Waals surface area contributed by atoms with Crippen LogP contribution in [0.3, 0.4) is 0 Å². The number of aryl methyl sites for hydroxylation is 1. The highest BCUT2D eigenvalue weighted by molar-refractivity contribution is 6.38. The predicted octanol–water partition coefficient (Wildman–Crippen LogP) is 6.86. The first-order valence-corrected chi connectivity index (χ1v) is 14.5. The third kappa shape index (κ3) is 7.67. The van der Waals surface area contributed by atoms with Gasteiger partial charge in [0.1, 0.15) is 23.7 Å². The quantitative estimate of drug-likeness (QED) is 0.161. The van der Waals surface area contributed by atoms with Gasteiger partial charge >= 0.3 is 6.03 Å². The topological polar surface area (TPSA) is 126 Å². The largest absolute Gasteiger partial charge is 0.487 e. The third-order valence-electron chi connectivity index (χ3n) is 6.78. The van der Waals surface area contributed by atoms with E-state index < -0.39 is 11.9 Å². The van der Waals surface area contributed by atoms with Gasteiger partial charge in [0.2, 0.25) is 5.91 Å². The number of amides is 4. The van der Waals surface area contributed by atoms with Crippen LogP contribution in [0.5, 0.6) is 5.75 Å². The number of likely N-dealkylation sites (N-methyl/N-ethyl adjacent to an activating group) is 1. The van der Waals surface area contributed by atoms with Gasteiger partial charge in [-0.15, -0.1) is 0 Å². The van der Waals surface area contributed by atoms with Gasteiger partial charge in [-0.1, -0.05) is 53.5 Å². The second kappa shape index (κ2) is 14.1. The van der Waals surface area contributed by atoms with E-state index in [1.54, 1.807) is 61.8 Å². The van der Waals surface area contributed by atoms with Crippen molar-refractivity contribution in [1.82, 2.24) is 15.3 Å². The van der Waals surface area contributed by atoms with E-state index in [2.05, 4.69) is 25.9 Å². The minimum atomic E-state index is -0.630. The van der Waals surface area contributed by atoms with Crippen LogP contribution < -0.4 is 25.6 Å². The molecule has 3 N–H and O–H groups in total. The number of nitrogens with one attached hydrogen (secondary N) is 3. The Hall–Kier alpha value is -5.19. The number of nitrogens with zero attached hydrogens (tertiary/aromatic N) is 3. The molecule has 0 atom stereocenters. The monoisotopic (exact) mass is 642 g/mol. The van der Waals surface area contributed by atoms with Crippen molar-refractivity contribution in [3.8, 4) is 5.75 Å². The van der Waals surface area contributed by atoms with Gasteiger partial charge in [0.15, 0.2) is 0 Å². The third-order valence-corrected chi connectivity index (χ3v) is 7.56. The zero-order valence-corrected chi connectivity index (χ0v) is 25.8. The van der Waals surface area contributed by atoms with Crippen LogP contribution in [0.1, 0.15) is 21.6 Å². The fraction of sp³-hybridized carbons (Fsp3) is 0.121. The summed E-state index contributed by atoms with van der Waals surface area (Å²) in [5.74, 6) is 0.160. The average molecular weight is 644 g/mol. The Morgan fingerprint density at radius 1 is 0.911 bits per heavy atom. The molecule has 0 unspecified atom stereocenters. The molecule has 0 saturated heterocycles. The molecule has 0 fully saturated rings. The Bertz CT molecular complexity index is 1890. The Labute approximate surface area is 269 Å². The smallest absolute Gasteiger partial charge is 0.319 e. The summed E-state index contributed by atoms with van der Waals surface area (Å²) in [6.07, 6.45) is 1.57. The van der Waals surface area contributed by atoms with Crippen LogP contribution in [-0.2, 0) is 11.4 Å². The standard InChI is InChI=1S/C33H28Cl2N6O4/c1-20-12-13-21-7-6-10-27(31(21)38-20)45-19-24-25(34)14-15-26(30(24)35)41(2)29(42)18-37-33(44)39-23-9-5-8-22(17-23)32(43)40-28-11-3-4-16-36-28/h3-17H,18-19H2,1-2H3,(H,36,40,43)(H2,37,39,44). The van der Waals surface area contributed by atoms with E-state index in [1.807, 2.05) is 37.3 Å². The Morgan fingerprint density at radius 3 is 2.53 bits per heavy atom. The number of halogens is 2. The predicted molar refractivity (Wildman–Crippen MR) is 176 cm³/mol. The summed E-state index contributed by atoms with van der Waals surface area (Å²) < 4.78 is 6.08. The van der Waals surface area contributed by atoms with E-state index in [0.29, 0.717) is 39.1 Å². The number of benzene rings is 3. The molecular formula is C33H28Cl2N6O4. The van der Waals surface area contributed by atoms with Crippen LogP contribution in [0, 0.1) is 6.92 Å². The molecule has 228 valence electrons. The summed E-state index contributed by atoms with van der Waals surface area (Å²) in [6.45, 7) is 1.62. The number of anilines is 3. The summed E-state index contributed by atoms with van der Waals surface area (Å²) in [5, 5.41) is 9.40. The summed E-state index contributed by atoms with van der Waals surface area (Å²) >= 11 is 13.2. The van der Waals surface area contributed by atoms with Gasteiger partial charge in [0.25, 0.3) is 5.91 Å².